The van der Waals surface area contributed by atoms with Crippen LogP contribution in [0.4, 0.5) is 0 Å². The van der Waals surface area contributed by atoms with Crippen LogP contribution in [0, 0.1) is 0 Å². The van der Waals surface area contributed by atoms with Crippen LogP contribution in [-0.2, 0) is 30.2 Å². The summed E-state index contributed by atoms with van der Waals surface area (Å²) in [7, 11) is 1.32. The number of hydrogen-bond acceptors (Lipinski definition) is 5. The first kappa shape index (κ1) is 15.5. The molecule has 1 aliphatic rings. The van der Waals surface area contributed by atoms with Crippen LogP contribution in [0.5, 0.6) is 0 Å². The molecule has 0 radical (unpaired) electrons. The first-order valence-electron chi connectivity index (χ1n) is 6.91. The van der Waals surface area contributed by atoms with Crippen molar-refractivity contribution in [3.8, 4) is 0 Å². The topological polar surface area (TPSA) is 61.8 Å². The maximum Gasteiger partial charge on any atom is 0.341 e. The molecule has 0 aliphatic carbocycles. The Morgan fingerprint density at radius 1 is 1.24 bits per heavy atom. The van der Waals surface area contributed by atoms with E-state index in [2.05, 4.69) is 4.74 Å². The second-order valence-electron chi connectivity index (χ2n) is 5.62. The molecule has 0 spiro atoms. The minimum absolute atomic E-state index is 0.106. The molecule has 5 nitrogen and oxygen atoms in total. The highest BCUT2D eigenvalue weighted by atomic mass is 16.8. The summed E-state index contributed by atoms with van der Waals surface area (Å²) in [6.45, 7) is 3.38. The highest BCUT2D eigenvalue weighted by Crippen LogP contribution is 2.38. The quantitative estimate of drug-likeness (QED) is 0.779. The lowest BCUT2D eigenvalue weighted by molar-refractivity contribution is -0.168. The zero-order valence-corrected chi connectivity index (χ0v) is 12.5. The predicted molar refractivity (Wildman–Crippen MR) is 75.4 cm³/mol. The lowest BCUT2D eigenvalue weighted by atomic mass is 9.90. The summed E-state index contributed by atoms with van der Waals surface area (Å²) in [5.74, 6) is -1.79. The Kier molecular flexibility index (Phi) is 4.32. The van der Waals surface area contributed by atoms with Crippen LogP contribution in [0.1, 0.15) is 32.3 Å². The molecule has 1 aromatic carbocycles. The van der Waals surface area contributed by atoms with Crippen LogP contribution in [0.25, 0.3) is 0 Å². The number of rotatable bonds is 5. The highest BCUT2D eigenvalue weighted by molar-refractivity contribution is 5.83. The van der Waals surface area contributed by atoms with E-state index in [0.717, 1.165) is 5.56 Å². The monoisotopic (exact) mass is 292 g/mol. The summed E-state index contributed by atoms with van der Waals surface area (Å²) in [6, 6.07) is 9.54. The normalized spacial score (nSPS) is 23.7. The molecule has 0 bridgehead atoms. The summed E-state index contributed by atoms with van der Waals surface area (Å²) in [4.78, 5) is 23.7. The van der Waals surface area contributed by atoms with Gasteiger partial charge in [-0.25, -0.2) is 4.79 Å². The fourth-order valence-electron chi connectivity index (χ4n) is 2.53. The van der Waals surface area contributed by atoms with E-state index in [1.807, 2.05) is 30.3 Å². The van der Waals surface area contributed by atoms with E-state index in [9.17, 15) is 9.59 Å². The Morgan fingerprint density at radius 3 is 2.43 bits per heavy atom. The van der Waals surface area contributed by atoms with E-state index in [1.54, 1.807) is 13.8 Å². The number of cyclic esters (lactones) is 1. The number of carbonyl (C=O) groups is 2. The fourth-order valence-corrected chi connectivity index (χ4v) is 2.53. The van der Waals surface area contributed by atoms with Crippen molar-refractivity contribution < 1.29 is 23.8 Å². The van der Waals surface area contributed by atoms with Gasteiger partial charge in [0, 0.05) is 26.7 Å². The molecular weight excluding hydrogens is 272 g/mol. The van der Waals surface area contributed by atoms with Gasteiger partial charge >= 0.3 is 11.9 Å². The van der Waals surface area contributed by atoms with Crippen LogP contribution in [0.15, 0.2) is 30.3 Å². The third-order valence-electron chi connectivity index (χ3n) is 3.44. The average molecular weight is 292 g/mol. The molecule has 1 heterocycles. The van der Waals surface area contributed by atoms with Gasteiger partial charge in [0.15, 0.2) is 5.60 Å². The molecule has 0 N–H and O–H groups in total. The molecular formula is C16H20O5. The van der Waals surface area contributed by atoms with E-state index in [-0.39, 0.29) is 18.8 Å². The van der Waals surface area contributed by atoms with Crippen LogP contribution < -0.4 is 0 Å². The first-order chi connectivity index (χ1) is 9.87. The summed E-state index contributed by atoms with van der Waals surface area (Å²) >= 11 is 0. The van der Waals surface area contributed by atoms with Gasteiger partial charge in [-0.1, -0.05) is 30.3 Å². The lowest BCUT2D eigenvalue weighted by Crippen LogP contribution is -2.40. The van der Waals surface area contributed by atoms with Gasteiger partial charge in [0.05, 0.1) is 7.11 Å². The van der Waals surface area contributed by atoms with Gasteiger partial charge in [-0.05, 0) is 12.0 Å². The molecule has 1 aliphatic heterocycles. The molecule has 0 aromatic heterocycles. The number of ether oxygens (including phenoxy) is 3. The van der Waals surface area contributed by atoms with Crippen molar-refractivity contribution in [1.29, 1.82) is 0 Å². The number of carbonyl (C=O) groups excluding carboxylic acids is 2. The van der Waals surface area contributed by atoms with E-state index < -0.39 is 17.4 Å². The van der Waals surface area contributed by atoms with Crippen molar-refractivity contribution in [2.75, 3.05) is 7.11 Å². The number of hydrogen-bond donors (Lipinski definition) is 0. The van der Waals surface area contributed by atoms with Gasteiger partial charge in [0.2, 0.25) is 5.79 Å². The minimum Gasteiger partial charge on any atom is -0.469 e. The Hall–Kier alpha value is -1.88. The van der Waals surface area contributed by atoms with Crippen LogP contribution in [0.3, 0.4) is 0 Å². The minimum atomic E-state index is -1.14. The summed E-state index contributed by atoms with van der Waals surface area (Å²) in [5.41, 5.74) is -0.184. The molecule has 1 atom stereocenters. The van der Waals surface area contributed by atoms with E-state index >= 15 is 0 Å². The van der Waals surface area contributed by atoms with Crippen LogP contribution >= 0.6 is 0 Å². The van der Waals surface area contributed by atoms with Crippen LogP contribution in [-0.4, -0.2) is 30.4 Å². The van der Waals surface area contributed by atoms with Gasteiger partial charge < -0.3 is 14.2 Å². The average Bonchev–Trinajstić information content (AvgIpc) is 2.66. The highest BCUT2D eigenvalue weighted by Gasteiger charge is 2.53. The zero-order chi connectivity index (χ0) is 15.5. The molecule has 0 amide bonds. The number of methoxy groups -OCH3 is 1. The maximum absolute atomic E-state index is 12.3. The van der Waals surface area contributed by atoms with Crippen molar-refractivity contribution in [3.05, 3.63) is 35.9 Å². The predicted octanol–water partition coefficient (Wildman–Crippen LogP) is 2.23. The standard InChI is InChI=1S/C16H20O5/c1-15(2)20-14(18)16(21-15,10-9-13(17)19-3)11-12-7-5-4-6-8-12/h4-8H,9-11H2,1-3H3. The van der Waals surface area contributed by atoms with Crippen molar-refractivity contribution >= 4 is 11.9 Å². The molecule has 21 heavy (non-hydrogen) atoms. The Morgan fingerprint density at radius 2 is 1.90 bits per heavy atom. The van der Waals surface area contributed by atoms with Gasteiger partial charge in [0.1, 0.15) is 0 Å². The van der Waals surface area contributed by atoms with E-state index in [4.69, 9.17) is 9.47 Å². The Balaban J connectivity index is 2.22. The van der Waals surface area contributed by atoms with Gasteiger partial charge in [-0.15, -0.1) is 0 Å². The number of benzene rings is 1. The van der Waals surface area contributed by atoms with E-state index in [1.165, 1.54) is 7.11 Å². The summed E-state index contributed by atoms with van der Waals surface area (Å²) < 4.78 is 15.8. The van der Waals surface area contributed by atoms with Crippen LogP contribution in [0.2, 0.25) is 0 Å². The smallest absolute Gasteiger partial charge is 0.341 e. The fraction of sp³-hybridized carbons (Fsp3) is 0.500. The van der Waals surface area contributed by atoms with Gasteiger partial charge in [-0.2, -0.15) is 0 Å². The van der Waals surface area contributed by atoms with Crippen molar-refractivity contribution in [2.24, 2.45) is 0 Å². The molecule has 1 fully saturated rings. The third-order valence-corrected chi connectivity index (χ3v) is 3.44. The third kappa shape index (κ3) is 3.61. The second-order valence-corrected chi connectivity index (χ2v) is 5.62. The second kappa shape index (κ2) is 5.85. The van der Waals surface area contributed by atoms with Gasteiger partial charge in [-0.3, -0.25) is 4.79 Å². The summed E-state index contributed by atoms with van der Waals surface area (Å²) in [5, 5.41) is 0. The maximum atomic E-state index is 12.3. The molecule has 1 aromatic rings. The Bertz CT molecular complexity index is 523. The SMILES string of the molecule is COC(=O)CCC1(Cc2ccccc2)OC(C)(C)OC1=O. The summed E-state index contributed by atoms with van der Waals surface area (Å²) in [6.07, 6.45) is 0.707. The molecule has 1 unspecified atom stereocenters. The van der Waals surface area contributed by atoms with Crippen molar-refractivity contribution in [1.82, 2.24) is 0 Å². The molecule has 0 saturated carbocycles. The van der Waals surface area contributed by atoms with E-state index in [0.29, 0.717) is 6.42 Å². The number of esters is 2. The molecule has 1 saturated heterocycles. The largest absolute Gasteiger partial charge is 0.469 e. The molecule has 2 rings (SSSR count). The van der Waals surface area contributed by atoms with Gasteiger partial charge in [0.25, 0.3) is 0 Å². The molecule has 5 heteroatoms. The van der Waals surface area contributed by atoms with Crippen molar-refractivity contribution in [2.45, 2.75) is 44.5 Å². The first-order valence-corrected chi connectivity index (χ1v) is 6.91. The van der Waals surface area contributed by atoms with Crippen molar-refractivity contribution in [3.63, 3.8) is 0 Å². The lowest BCUT2D eigenvalue weighted by Gasteiger charge is -2.26. The Labute approximate surface area is 124 Å². The molecule has 114 valence electrons. The zero-order valence-electron chi connectivity index (χ0n) is 12.5.